The minimum Gasteiger partial charge on any atom is -0.387 e. The molecule has 5 rings (SSSR count). The highest BCUT2D eigenvalue weighted by atomic mass is 31.3. The van der Waals surface area contributed by atoms with E-state index in [1.165, 1.54) is 17.2 Å². The summed E-state index contributed by atoms with van der Waals surface area (Å²) in [6, 6.07) is 3.28. The van der Waals surface area contributed by atoms with Gasteiger partial charge in [-0.3, -0.25) is 18.4 Å². The number of nitrogens with two attached hydrogens (primary N) is 2. The number of primary amides is 1. The molecule has 4 heterocycles. The number of pyridine rings is 1. The molecule has 8 atom stereocenters. The van der Waals surface area contributed by atoms with Crippen LogP contribution in [0.3, 0.4) is 0 Å². The topological polar surface area (TPSA) is 269 Å². The van der Waals surface area contributed by atoms with Gasteiger partial charge in [-0.2, -0.15) is 4.31 Å². The molecule has 3 aromatic heterocycles. The normalized spacial score (nSPS) is 29.0. The van der Waals surface area contributed by atoms with Crippen LogP contribution in [0.5, 0.6) is 0 Å². The molecule has 0 aromatic carbocycles. The maximum absolute atomic E-state index is 12.4. The Kier molecular flexibility index (Phi) is 8.74. The van der Waals surface area contributed by atoms with Crippen LogP contribution in [0.1, 0.15) is 41.9 Å². The van der Waals surface area contributed by atoms with Gasteiger partial charge < -0.3 is 36.2 Å². The molecule has 1 aliphatic carbocycles. The molecule has 0 spiro atoms. The van der Waals surface area contributed by atoms with Crippen molar-refractivity contribution >= 4 is 38.5 Å². The number of nitrogens with zero attached hydrogens (tertiary/aromatic N) is 5. The van der Waals surface area contributed by atoms with Crippen LogP contribution < -0.4 is 16.0 Å². The number of aliphatic hydroxyl groups is 2. The highest BCUT2D eigenvalue weighted by Gasteiger charge is 2.46. The number of nitrogen functional groups attached to an aromatic ring is 1. The fourth-order valence-electron chi connectivity index (χ4n) is 5.03. The second-order valence-corrected chi connectivity index (χ2v) is 13.0. The van der Waals surface area contributed by atoms with E-state index in [4.69, 9.17) is 25.3 Å². The van der Waals surface area contributed by atoms with Crippen LogP contribution >= 0.6 is 15.6 Å². The molecule has 42 heavy (non-hydrogen) atoms. The number of phosphoric ester groups is 2. The lowest BCUT2D eigenvalue weighted by Gasteiger charge is -2.20. The summed E-state index contributed by atoms with van der Waals surface area (Å²) >= 11 is 0. The van der Waals surface area contributed by atoms with Crippen LogP contribution in [0.15, 0.2) is 37.2 Å². The summed E-state index contributed by atoms with van der Waals surface area (Å²) in [5.41, 5.74) is 11.9. The predicted octanol–water partition coefficient (Wildman–Crippen LogP) is -0.294. The SMILES string of the molecule is NC(=O)c1ccc[n+](C2CCC(COP(=O)(O)OP(=O)(O)OCC3OC(n4cnc5c(N)ncnc54)C(O)C3O)C2)c1. The Hall–Kier alpha value is -2.89. The minimum absolute atomic E-state index is 0.00805. The Morgan fingerprint density at radius 2 is 1.86 bits per heavy atom. The number of phosphoric acid groups is 2. The lowest BCUT2D eigenvalue weighted by atomic mass is 10.1. The molecule has 1 saturated heterocycles. The van der Waals surface area contributed by atoms with E-state index in [1.807, 2.05) is 4.57 Å². The zero-order valence-corrected chi connectivity index (χ0v) is 23.7. The third-order valence-corrected chi connectivity index (χ3v) is 9.72. The molecule has 1 amide bonds. The molecule has 1 aliphatic heterocycles. The monoisotopic (exact) mass is 630 g/mol. The van der Waals surface area contributed by atoms with Crippen LogP contribution in [0.25, 0.3) is 11.2 Å². The van der Waals surface area contributed by atoms with E-state index in [9.17, 15) is 33.9 Å². The Bertz CT molecular complexity index is 1560. The number of hydrogen-bond acceptors (Lipinski definition) is 13. The van der Waals surface area contributed by atoms with Gasteiger partial charge in [-0.15, -0.1) is 0 Å². The number of imidazole rings is 1. The number of anilines is 1. The third-order valence-electron chi connectivity index (χ3n) is 7.12. The first-order valence-corrected chi connectivity index (χ1v) is 15.7. The van der Waals surface area contributed by atoms with Gasteiger partial charge in [0.05, 0.1) is 19.5 Å². The highest BCUT2D eigenvalue weighted by Crippen LogP contribution is 2.61. The minimum atomic E-state index is -5.19. The number of fused-ring (bicyclic) bond motifs is 1. The van der Waals surface area contributed by atoms with Crippen molar-refractivity contribution < 1.29 is 56.6 Å². The first-order chi connectivity index (χ1) is 19.8. The molecular weight excluding hydrogens is 600 g/mol. The van der Waals surface area contributed by atoms with Gasteiger partial charge >= 0.3 is 15.6 Å². The van der Waals surface area contributed by atoms with Crippen molar-refractivity contribution in [2.75, 3.05) is 18.9 Å². The van der Waals surface area contributed by atoms with Crippen LogP contribution in [0.4, 0.5) is 5.82 Å². The standard InChI is InChI=1S/C22H29N7O11P2/c23-19-16-21(26-10-25-19)29(11-27-16)22-18(31)17(30)15(39-22)9-38-42(35,36)40-41(33,34)37-8-12-3-4-14(6-12)28-5-1-2-13(7-28)20(24)32/h1-2,5,7,10-12,14-15,17-18,22,30-31H,3-4,6,8-9H2,(H5-,23,24,25,26,32,33,34,35,36)/p+1. The van der Waals surface area contributed by atoms with E-state index in [0.717, 1.165) is 0 Å². The average molecular weight is 630 g/mol. The summed E-state index contributed by atoms with van der Waals surface area (Å²) in [6.45, 7) is -1.04. The molecule has 18 nitrogen and oxygen atoms in total. The van der Waals surface area contributed by atoms with E-state index in [2.05, 4.69) is 19.3 Å². The number of hydrogen-bond donors (Lipinski definition) is 6. The van der Waals surface area contributed by atoms with Gasteiger partial charge in [0.1, 0.15) is 35.7 Å². The van der Waals surface area contributed by atoms with Gasteiger partial charge in [-0.25, -0.2) is 28.6 Å². The van der Waals surface area contributed by atoms with Crippen LogP contribution in [0.2, 0.25) is 0 Å². The van der Waals surface area contributed by atoms with Crippen LogP contribution in [0, 0.1) is 5.92 Å². The fourth-order valence-corrected chi connectivity index (χ4v) is 7.19. The van der Waals surface area contributed by atoms with E-state index in [1.54, 1.807) is 24.5 Å². The number of carbonyl (C=O) groups excluding carboxylic acids is 1. The maximum Gasteiger partial charge on any atom is 0.481 e. The number of ether oxygens (including phenoxy) is 1. The van der Waals surface area contributed by atoms with Crippen molar-refractivity contribution in [2.24, 2.45) is 11.7 Å². The zero-order chi connectivity index (χ0) is 30.2. The highest BCUT2D eigenvalue weighted by molar-refractivity contribution is 7.61. The van der Waals surface area contributed by atoms with Crippen molar-refractivity contribution in [3.8, 4) is 0 Å². The number of amides is 1. The Morgan fingerprint density at radius 1 is 1.12 bits per heavy atom. The first kappa shape index (κ1) is 30.6. The van der Waals surface area contributed by atoms with Crippen molar-refractivity contribution in [2.45, 2.75) is 49.8 Å². The van der Waals surface area contributed by atoms with Crippen molar-refractivity contribution in [3.63, 3.8) is 0 Å². The lowest BCUT2D eigenvalue weighted by Crippen LogP contribution is -2.38. The summed E-state index contributed by atoms with van der Waals surface area (Å²) in [5, 5.41) is 20.9. The summed E-state index contributed by atoms with van der Waals surface area (Å²) in [6.07, 6.45) is 2.06. The molecule has 3 aromatic rings. The molecule has 0 radical (unpaired) electrons. The number of aromatic nitrogens is 5. The number of rotatable bonds is 11. The molecule has 0 bridgehead atoms. The summed E-state index contributed by atoms with van der Waals surface area (Å²) in [7, 11) is -10.2. The molecule has 20 heteroatoms. The first-order valence-electron chi connectivity index (χ1n) is 12.7. The van der Waals surface area contributed by atoms with Gasteiger partial charge in [0.15, 0.2) is 36.1 Å². The second kappa shape index (κ2) is 12.0. The molecule has 2 fully saturated rings. The van der Waals surface area contributed by atoms with E-state index in [0.29, 0.717) is 24.8 Å². The van der Waals surface area contributed by atoms with E-state index < -0.39 is 52.7 Å². The summed E-state index contributed by atoms with van der Waals surface area (Å²) in [4.78, 5) is 43.5. The number of carbonyl (C=O) groups is 1. The summed E-state index contributed by atoms with van der Waals surface area (Å²) < 4.78 is 47.7. The Labute approximate surface area is 238 Å². The van der Waals surface area contributed by atoms with Crippen LogP contribution in [-0.2, 0) is 27.2 Å². The van der Waals surface area contributed by atoms with Gasteiger partial charge in [0, 0.05) is 18.9 Å². The van der Waals surface area contributed by atoms with E-state index >= 15 is 0 Å². The summed E-state index contributed by atoms with van der Waals surface area (Å²) in [5.74, 6) is -0.654. The van der Waals surface area contributed by atoms with Crippen molar-refractivity contribution in [1.82, 2.24) is 19.5 Å². The van der Waals surface area contributed by atoms with Crippen molar-refractivity contribution in [1.29, 1.82) is 0 Å². The van der Waals surface area contributed by atoms with Gasteiger partial charge in [-0.1, -0.05) is 0 Å². The van der Waals surface area contributed by atoms with Crippen molar-refractivity contribution in [3.05, 3.63) is 42.7 Å². The molecule has 228 valence electrons. The maximum atomic E-state index is 12.4. The zero-order valence-electron chi connectivity index (χ0n) is 21.9. The van der Waals surface area contributed by atoms with Gasteiger partial charge in [0.25, 0.3) is 5.91 Å². The molecule has 1 saturated carbocycles. The van der Waals surface area contributed by atoms with Gasteiger partial charge in [-0.05, 0) is 18.4 Å². The second-order valence-electron chi connectivity index (χ2n) is 9.98. The van der Waals surface area contributed by atoms with Gasteiger partial charge in [0.2, 0.25) is 0 Å². The predicted molar refractivity (Wildman–Crippen MR) is 140 cm³/mol. The fraction of sp³-hybridized carbons (Fsp3) is 0.500. The average Bonchev–Trinajstić information content (AvgIpc) is 3.65. The van der Waals surface area contributed by atoms with E-state index in [-0.39, 0.29) is 35.5 Å². The number of aliphatic hydroxyl groups excluding tert-OH is 2. The molecule has 8 unspecified atom stereocenters. The lowest BCUT2D eigenvalue weighted by molar-refractivity contribution is -0.722. The quantitative estimate of drug-likeness (QED) is 0.117. The smallest absolute Gasteiger partial charge is 0.387 e. The molecule has 2 aliphatic rings. The molecule has 8 N–H and O–H groups in total. The molecular formula is C22H30N7O11P2+. The largest absolute Gasteiger partial charge is 0.481 e. The van der Waals surface area contributed by atoms with Crippen LogP contribution in [-0.4, -0.2) is 77.0 Å². The Morgan fingerprint density at radius 3 is 2.60 bits per heavy atom. The third kappa shape index (κ3) is 6.68. The Balaban J connectivity index is 1.12.